The van der Waals surface area contributed by atoms with E-state index in [2.05, 4.69) is 82.9 Å². The molecular weight excluding hydrogens is 554 g/mol. The molecule has 4 N–H and O–H groups in total. The second-order valence-corrected chi connectivity index (χ2v) is 16.2. The summed E-state index contributed by atoms with van der Waals surface area (Å²) in [5.74, 6) is 2.53. The molecule has 0 aliphatic heterocycles. The Hall–Kier alpha value is -3.42. The van der Waals surface area contributed by atoms with Crippen molar-refractivity contribution in [1.29, 1.82) is 0 Å². The third-order valence-electron chi connectivity index (χ3n) is 14.4. The number of rotatable bonds is 3. The van der Waals surface area contributed by atoms with Gasteiger partial charge in [0.25, 0.3) is 0 Å². The Bertz CT molecular complexity index is 1860. The van der Waals surface area contributed by atoms with Crippen LogP contribution in [0.4, 0.5) is 0 Å². The summed E-state index contributed by atoms with van der Waals surface area (Å²) in [7, 11) is 0. The van der Waals surface area contributed by atoms with Crippen molar-refractivity contribution in [3.05, 3.63) is 82.1 Å². The van der Waals surface area contributed by atoms with Crippen LogP contribution in [-0.2, 0) is 5.41 Å². The molecule has 0 radical (unpaired) electrons. The second-order valence-electron chi connectivity index (χ2n) is 16.2. The summed E-state index contributed by atoms with van der Waals surface area (Å²) in [6.45, 7) is 16.7. The lowest BCUT2D eigenvalue weighted by Gasteiger charge is -2.74. The summed E-state index contributed by atoms with van der Waals surface area (Å²) >= 11 is 0. The fourth-order valence-corrected chi connectivity index (χ4v) is 11.4. The first-order valence-electron chi connectivity index (χ1n) is 16.8. The molecule has 0 amide bonds. The monoisotopic (exact) mass is 603 g/mol. The zero-order chi connectivity index (χ0) is 32.4. The smallest absolute Gasteiger partial charge is 0.160 e. The number of H-pyrrole nitrogens is 1. The minimum absolute atomic E-state index is 0.0105. The minimum atomic E-state index is -0.448. The quantitative estimate of drug-likeness (QED) is 0.137. The number of hydrogen-bond acceptors (Lipinski definition) is 3. The molecule has 7 rings (SSSR count). The molecular formula is C41H49NO3. The van der Waals surface area contributed by atoms with E-state index >= 15 is 0 Å². The SMILES string of the molecule is C#Cc1ccc2c(C3C=C4C(C)(C=C[C@]5(C)C4(C)CCC4(C)CC[C@@](C)(CO)CC45CC)c4cc(O)c(O)c(C)c43)c[nH]c2c1. The zero-order valence-corrected chi connectivity index (χ0v) is 28.1. The van der Waals surface area contributed by atoms with Gasteiger partial charge in [0.2, 0.25) is 0 Å². The van der Waals surface area contributed by atoms with Gasteiger partial charge >= 0.3 is 0 Å². The van der Waals surface area contributed by atoms with Crippen LogP contribution in [0.5, 0.6) is 11.5 Å². The summed E-state index contributed by atoms with van der Waals surface area (Å²) in [4.78, 5) is 3.49. The maximum absolute atomic E-state index is 11.1. The molecule has 0 spiro atoms. The van der Waals surface area contributed by atoms with Crippen LogP contribution in [0.1, 0.15) is 114 Å². The lowest BCUT2D eigenvalue weighted by molar-refractivity contribution is -0.207. The number of benzene rings is 2. The van der Waals surface area contributed by atoms with Gasteiger partial charge in [-0.3, -0.25) is 0 Å². The van der Waals surface area contributed by atoms with E-state index in [0.717, 1.165) is 77.2 Å². The van der Waals surface area contributed by atoms with Crippen LogP contribution in [-0.4, -0.2) is 26.9 Å². The number of aliphatic hydroxyl groups is 1. The average Bonchev–Trinajstić information content (AvgIpc) is 3.45. The van der Waals surface area contributed by atoms with E-state index in [0.29, 0.717) is 0 Å². The summed E-state index contributed by atoms with van der Waals surface area (Å²) in [5, 5.41) is 33.9. The number of allylic oxidation sites excluding steroid dienone is 4. The highest BCUT2D eigenvalue weighted by Crippen LogP contribution is 2.79. The molecule has 4 nitrogen and oxygen atoms in total. The van der Waals surface area contributed by atoms with E-state index in [1.54, 1.807) is 0 Å². The van der Waals surface area contributed by atoms with Gasteiger partial charge in [-0.2, -0.15) is 0 Å². The molecule has 5 unspecified atom stereocenters. The summed E-state index contributed by atoms with van der Waals surface area (Å²) in [6.07, 6.45) is 21.8. The number of aromatic amines is 1. The van der Waals surface area contributed by atoms with Crippen molar-refractivity contribution in [1.82, 2.24) is 4.98 Å². The number of fused-ring (bicyclic) bond motifs is 8. The summed E-state index contributed by atoms with van der Waals surface area (Å²) in [5.41, 5.74) is 6.57. The molecule has 3 aromatic rings. The number of phenols is 2. The minimum Gasteiger partial charge on any atom is -0.504 e. The Morgan fingerprint density at radius 2 is 1.73 bits per heavy atom. The first-order valence-corrected chi connectivity index (χ1v) is 16.8. The Kier molecular flexibility index (Phi) is 6.27. The van der Waals surface area contributed by atoms with Gasteiger partial charge in [-0.05, 0) is 114 Å². The summed E-state index contributed by atoms with van der Waals surface area (Å²) < 4.78 is 0. The molecule has 2 saturated carbocycles. The molecule has 2 aromatic carbocycles. The van der Waals surface area contributed by atoms with Crippen LogP contribution < -0.4 is 0 Å². The van der Waals surface area contributed by atoms with Crippen molar-refractivity contribution in [3.63, 3.8) is 0 Å². The van der Waals surface area contributed by atoms with Gasteiger partial charge in [-0.15, -0.1) is 6.42 Å². The van der Waals surface area contributed by atoms with Crippen molar-refractivity contribution < 1.29 is 15.3 Å². The standard InChI is InChI=1S/C41H49NO3/c1-9-26-11-12-27-29(22-42-31(27)19-26)28-20-33-38(6,30-21-32(44)35(45)25(3)34(28)30)16-18-40(8)39(33,7)17-15-37(5)14-13-36(4,24-43)23-41(37,40)10-2/h1,11-12,16,18-22,28,42-45H,10,13-15,17,23-24H2,2-8H3/t28?,36-,37?,38?,39?,40-,41?/m1/s1. The largest absolute Gasteiger partial charge is 0.504 e. The lowest BCUT2D eigenvalue weighted by Crippen LogP contribution is -2.67. The number of hydrogen-bond donors (Lipinski definition) is 4. The van der Waals surface area contributed by atoms with Gasteiger partial charge in [0.1, 0.15) is 0 Å². The highest BCUT2D eigenvalue weighted by atomic mass is 16.3. The third-order valence-corrected chi connectivity index (χ3v) is 14.4. The van der Waals surface area contributed by atoms with E-state index in [4.69, 9.17) is 6.42 Å². The van der Waals surface area contributed by atoms with Crippen LogP contribution in [0.2, 0.25) is 0 Å². The molecule has 1 aromatic heterocycles. The summed E-state index contributed by atoms with van der Waals surface area (Å²) in [6, 6.07) is 7.96. The first-order chi connectivity index (χ1) is 21.2. The molecule has 236 valence electrons. The number of phenolic OH excluding ortho intramolecular Hbond substituents is 2. The molecule has 0 saturated heterocycles. The number of terminal acetylenes is 1. The van der Waals surface area contributed by atoms with Crippen LogP contribution in [0.15, 0.2) is 54.3 Å². The number of aromatic nitrogens is 1. The molecule has 45 heavy (non-hydrogen) atoms. The zero-order valence-electron chi connectivity index (χ0n) is 28.1. The molecule has 2 fully saturated rings. The highest BCUT2D eigenvalue weighted by molar-refractivity contribution is 5.86. The van der Waals surface area contributed by atoms with Crippen molar-refractivity contribution in [2.24, 2.45) is 27.1 Å². The Balaban J connectivity index is 1.52. The van der Waals surface area contributed by atoms with E-state index in [9.17, 15) is 15.3 Å². The van der Waals surface area contributed by atoms with Crippen molar-refractivity contribution >= 4 is 10.9 Å². The maximum atomic E-state index is 11.1. The molecule has 0 bridgehead atoms. The van der Waals surface area contributed by atoms with Gasteiger partial charge in [0.05, 0.1) is 0 Å². The molecule has 7 atom stereocenters. The second kappa shape index (κ2) is 9.32. The Morgan fingerprint density at radius 3 is 2.42 bits per heavy atom. The fraction of sp³-hybridized carbons (Fsp3) is 0.512. The van der Waals surface area contributed by atoms with Crippen molar-refractivity contribution in [2.45, 2.75) is 98.3 Å². The van der Waals surface area contributed by atoms with Gasteiger partial charge in [-0.25, -0.2) is 0 Å². The maximum Gasteiger partial charge on any atom is 0.160 e. The third kappa shape index (κ3) is 3.54. The topological polar surface area (TPSA) is 76.5 Å². The van der Waals surface area contributed by atoms with Gasteiger partial charge in [0, 0.05) is 46.0 Å². The van der Waals surface area contributed by atoms with E-state index < -0.39 is 5.41 Å². The van der Waals surface area contributed by atoms with E-state index in [1.807, 2.05) is 25.1 Å². The average molecular weight is 604 g/mol. The molecule has 4 aliphatic rings. The number of aliphatic hydroxyl groups excluding tert-OH is 1. The molecule has 4 heteroatoms. The van der Waals surface area contributed by atoms with Crippen LogP contribution in [0.3, 0.4) is 0 Å². The van der Waals surface area contributed by atoms with E-state index in [1.165, 1.54) is 5.57 Å². The normalized spacial score (nSPS) is 38.5. The fourth-order valence-electron chi connectivity index (χ4n) is 11.4. The van der Waals surface area contributed by atoms with Gasteiger partial charge in [-0.1, -0.05) is 70.4 Å². The molecule has 1 heterocycles. The first kappa shape index (κ1) is 30.2. The van der Waals surface area contributed by atoms with Gasteiger partial charge < -0.3 is 20.3 Å². The van der Waals surface area contributed by atoms with Gasteiger partial charge in [0.15, 0.2) is 11.5 Å². The number of aromatic hydroxyl groups is 2. The lowest BCUT2D eigenvalue weighted by atomic mass is 9.30. The van der Waals surface area contributed by atoms with E-state index in [-0.39, 0.29) is 51.1 Å². The van der Waals surface area contributed by atoms with Crippen LogP contribution >= 0.6 is 0 Å². The number of nitrogens with one attached hydrogen (secondary N) is 1. The Labute approximate surface area is 268 Å². The van der Waals surface area contributed by atoms with Crippen LogP contribution in [0.25, 0.3) is 10.9 Å². The van der Waals surface area contributed by atoms with Crippen molar-refractivity contribution in [3.8, 4) is 23.8 Å². The predicted octanol–water partition coefficient (Wildman–Crippen LogP) is 9.16. The molecule has 4 aliphatic carbocycles. The van der Waals surface area contributed by atoms with Crippen molar-refractivity contribution in [2.75, 3.05) is 6.61 Å². The predicted molar refractivity (Wildman–Crippen MR) is 182 cm³/mol. The van der Waals surface area contributed by atoms with Crippen LogP contribution in [0, 0.1) is 46.3 Å². The highest BCUT2D eigenvalue weighted by Gasteiger charge is 2.71. The Morgan fingerprint density at radius 1 is 1.00 bits per heavy atom.